The maximum absolute atomic E-state index is 13.2. The third kappa shape index (κ3) is 5.36. The molecule has 0 spiro atoms. The number of thioether (sulfide) groups is 1. The zero-order valence-corrected chi connectivity index (χ0v) is 21.2. The Morgan fingerprint density at radius 1 is 1.09 bits per heavy atom. The standard InChI is InChI=1S/C25H31ClN4O2S/c1-15-5-6-20(10-21(15)26)28-22(31)7-8-29-11-18-13-30(14-19(18)12-29)25(32)24-16(2)9-23(33-4)27-17(24)3/h5-6,9-10,18-19H,7-8,11-14H2,1-4H3,(H,28,31). The van der Waals surface area contributed by atoms with Gasteiger partial charge < -0.3 is 15.1 Å². The van der Waals surface area contributed by atoms with Crippen molar-refractivity contribution < 1.29 is 9.59 Å². The number of pyridine rings is 1. The van der Waals surface area contributed by atoms with Crippen LogP contribution in [0.3, 0.4) is 0 Å². The van der Waals surface area contributed by atoms with Crippen LogP contribution in [0.25, 0.3) is 0 Å². The van der Waals surface area contributed by atoms with E-state index in [0.29, 0.717) is 23.3 Å². The molecule has 2 aliphatic heterocycles. The second-order valence-corrected chi connectivity index (χ2v) is 10.4. The van der Waals surface area contributed by atoms with Crippen molar-refractivity contribution in [2.45, 2.75) is 32.2 Å². The van der Waals surface area contributed by atoms with Crippen molar-refractivity contribution in [2.24, 2.45) is 11.8 Å². The second-order valence-electron chi connectivity index (χ2n) is 9.19. The molecule has 1 aromatic carbocycles. The van der Waals surface area contributed by atoms with Gasteiger partial charge in [-0.1, -0.05) is 17.7 Å². The minimum atomic E-state index is -0.00377. The monoisotopic (exact) mass is 486 g/mol. The molecule has 2 amide bonds. The van der Waals surface area contributed by atoms with Crippen molar-refractivity contribution in [3.05, 3.63) is 51.7 Å². The molecular formula is C25H31ClN4O2S. The van der Waals surface area contributed by atoms with Crippen LogP contribution < -0.4 is 5.32 Å². The van der Waals surface area contributed by atoms with Gasteiger partial charge in [-0.3, -0.25) is 9.59 Å². The zero-order chi connectivity index (χ0) is 23.7. The number of likely N-dealkylation sites (tertiary alicyclic amines) is 2. The minimum absolute atomic E-state index is 0.00377. The van der Waals surface area contributed by atoms with Crippen molar-refractivity contribution in [1.29, 1.82) is 0 Å². The van der Waals surface area contributed by atoms with Crippen molar-refractivity contribution in [3.8, 4) is 0 Å². The lowest BCUT2D eigenvalue weighted by Crippen LogP contribution is -2.35. The van der Waals surface area contributed by atoms with Crippen LogP contribution in [0.1, 0.15) is 33.6 Å². The molecule has 2 aromatic rings. The number of nitrogens with one attached hydrogen (secondary N) is 1. The first-order chi connectivity index (χ1) is 15.7. The molecule has 2 fully saturated rings. The number of carbonyl (C=O) groups is 2. The van der Waals surface area contributed by atoms with E-state index in [9.17, 15) is 9.59 Å². The fourth-order valence-corrected chi connectivity index (χ4v) is 5.68. The van der Waals surface area contributed by atoms with Crippen molar-refractivity contribution >= 4 is 40.9 Å². The predicted octanol–water partition coefficient (Wildman–Crippen LogP) is 4.41. The predicted molar refractivity (Wildman–Crippen MR) is 134 cm³/mol. The number of aromatic nitrogens is 1. The summed E-state index contributed by atoms with van der Waals surface area (Å²) in [5, 5.41) is 4.54. The fraction of sp³-hybridized carbons (Fsp3) is 0.480. The first-order valence-electron chi connectivity index (χ1n) is 11.3. The van der Waals surface area contributed by atoms with E-state index in [4.69, 9.17) is 11.6 Å². The van der Waals surface area contributed by atoms with Gasteiger partial charge in [0.25, 0.3) is 5.91 Å². The Hall–Kier alpha value is -2.09. The van der Waals surface area contributed by atoms with E-state index in [1.807, 2.05) is 50.1 Å². The van der Waals surface area contributed by atoms with E-state index in [0.717, 1.165) is 65.8 Å². The van der Waals surface area contributed by atoms with Crippen molar-refractivity contribution in [1.82, 2.24) is 14.8 Å². The quantitative estimate of drug-likeness (QED) is 0.612. The van der Waals surface area contributed by atoms with Gasteiger partial charge in [-0.05, 0) is 68.2 Å². The van der Waals surface area contributed by atoms with Crippen molar-refractivity contribution in [3.63, 3.8) is 0 Å². The van der Waals surface area contributed by atoms with Gasteiger partial charge in [0.05, 0.1) is 16.3 Å². The summed E-state index contributed by atoms with van der Waals surface area (Å²) in [6.45, 7) is 10.00. The average Bonchev–Trinajstić information content (AvgIpc) is 3.33. The van der Waals surface area contributed by atoms with Crippen LogP contribution in [0.15, 0.2) is 29.3 Å². The molecule has 2 saturated heterocycles. The van der Waals surface area contributed by atoms with Gasteiger partial charge in [-0.2, -0.15) is 0 Å². The molecule has 4 rings (SSSR count). The number of hydrogen-bond donors (Lipinski definition) is 1. The second kappa shape index (κ2) is 10.0. The van der Waals surface area contributed by atoms with Crippen LogP contribution in [-0.2, 0) is 4.79 Å². The van der Waals surface area contributed by atoms with Gasteiger partial charge in [0.1, 0.15) is 0 Å². The van der Waals surface area contributed by atoms with Crippen LogP contribution in [0, 0.1) is 32.6 Å². The summed E-state index contributed by atoms with van der Waals surface area (Å²) < 4.78 is 0. The van der Waals surface area contributed by atoms with Gasteiger partial charge >= 0.3 is 0 Å². The number of fused-ring (bicyclic) bond motifs is 1. The van der Waals surface area contributed by atoms with Crippen LogP contribution in [0.5, 0.6) is 0 Å². The molecule has 2 aliphatic rings. The van der Waals surface area contributed by atoms with E-state index in [-0.39, 0.29) is 11.8 Å². The minimum Gasteiger partial charge on any atom is -0.338 e. The Balaban J connectivity index is 1.27. The van der Waals surface area contributed by atoms with Crippen LogP contribution in [0.2, 0.25) is 5.02 Å². The molecule has 2 unspecified atom stereocenters. The average molecular weight is 487 g/mol. The number of halogens is 1. The normalized spacial score (nSPS) is 20.2. The van der Waals surface area contributed by atoms with E-state index >= 15 is 0 Å². The van der Waals surface area contributed by atoms with E-state index in [2.05, 4.69) is 15.2 Å². The molecule has 0 radical (unpaired) electrons. The van der Waals surface area contributed by atoms with Gasteiger partial charge in [0.15, 0.2) is 0 Å². The Kier molecular flexibility index (Phi) is 7.31. The van der Waals surface area contributed by atoms with E-state index in [1.54, 1.807) is 17.8 Å². The number of carbonyl (C=O) groups excluding carboxylic acids is 2. The summed E-state index contributed by atoms with van der Waals surface area (Å²) in [7, 11) is 0. The molecular weight excluding hydrogens is 456 g/mol. The molecule has 6 nitrogen and oxygen atoms in total. The SMILES string of the molecule is CSc1cc(C)c(C(=O)N2CC3CN(CCC(=O)Nc4ccc(C)c(Cl)c4)CC3C2)c(C)n1. The number of benzene rings is 1. The molecule has 1 N–H and O–H groups in total. The highest BCUT2D eigenvalue weighted by Gasteiger charge is 2.42. The van der Waals surface area contributed by atoms with Gasteiger partial charge in [-0.15, -0.1) is 11.8 Å². The lowest BCUT2D eigenvalue weighted by molar-refractivity contribution is -0.116. The molecule has 3 heterocycles. The Labute approximate surface area is 205 Å². The Bertz CT molecular complexity index is 1040. The summed E-state index contributed by atoms with van der Waals surface area (Å²) in [6, 6.07) is 7.56. The maximum Gasteiger partial charge on any atom is 0.255 e. The highest BCUT2D eigenvalue weighted by atomic mass is 35.5. The Morgan fingerprint density at radius 2 is 1.79 bits per heavy atom. The lowest BCUT2D eigenvalue weighted by Gasteiger charge is -2.23. The molecule has 176 valence electrons. The van der Waals surface area contributed by atoms with E-state index < -0.39 is 0 Å². The number of aryl methyl sites for hydroxylation is 3. The number of rotatable bonds is 6. The zero-order valence-electron chi connectivity index (χ0n) is 19.7. The topological polar surface area (TPSA) is 65.5 Å². The summed E-state index contributed by atoms with van der Waals surface area (Å²) in [5.41, 5.74) is 4.27. The summed E-state index contributed by atoms with van der Waals surface area (Å²) >= 11 is 7.74. The van der Waals surface area contributed by atoms with Gasteiger partial charge in [0.2, 0.25) is 5.91 Å². The van der Waals surface area contributed by atoms with Crippen LogP contribution >= 0.6 is 23.4 Å². The smallest absolute Gasteiger partial charge is 0.255 e. The summed E-state index contributed by atoms with van der Waals surface area (Å²) in [5.74, 6) is 1.03. The Morgan fingerprint density at radius 3 is 2.39 bits per heavy atom. The number of nitrogens with zero attached hydrogens (tertiary/aromatic N) is 3. The summed E-state index contributed by atoms with van der Waals surface area (Å²) in [4.78, 5) is 34.5. The molecule has 8 heteroatoms. The van der Waals surface area contributed by atoms with Crippen LogP contribution in [0.4, 0.5) is 5.69 Å². The number of amides is 2. The molecule has 1 aromatic heterocycles. The molecule has 0 saturated carbocycles. The molecule has 0 bridgehead atoms. The molecule has 2 atom stereocenters. The highest BCUT2D eigenvalue weighted by molar-refractivity contribution is 7.98. The molecule has 33 heavy (non-hydrogen) atoms. The van der Waals surface area contributed by atoms with E-state index in [1.165, 1.54) is 0 Å². The third-order valence-corrected chi connectivity index (χ3v) is 7.79. The van der Waals surface area contributed by atoms with Crippen molar-refractivity contribution in [2.75, 3.05) is 44.3 Å². The first-order valence-corrected chi connectivity index (χ1v) is 12.9. The maximum atomic E-state index is 13.2. The van der Waals surface area contributed by atoms with Gasteiger partial charge in [-0.25, -0.2) is 4.98 Å². The number of anilines is 1. The first kappa shape index (κ1) is 24.0. The fourth-order valence-electron chi connectivity index (χ4n) is 4.97. The highest BCUT2D eigenvalue weighted by Crippen LogP contribution is 2.33. The number of hydrogen-bond acceptors (Lipinski definition) is 5. The lowest BCUT2D eigenvalue weighted by atomic mass is 10.0. The third-order valence-electron chi connectivity index (χ3n) is 6.76. The van der Waals surface area contributed by atoms with Gasteiger partial charge in [0, 0.05) is 49.9 Å². The van der Waals surface area contributed by atoms with Crippen LogP contribution in [-0.4, -0.2) is 65.6 Å². The largest absolute Gasteiger partial charge is 0.338 e. The molecule has 0 aliphatic carbocycles. The summed E-state index contributed by atoms with van der Waals surface area (Å²) in [6.07, 6.45) is 2.44.